The van der Waals surface area contributed by atoms with Gasteiger partial charge >= 0.3 is 0 Å². The molecule has 150 valence electrons. The molecule has 1 aromatic heterocycles. The maximum atomic E-state index is 12.6. The molecular weight excluding hydrogens is 374 g/mol. The van der Waals surface area contributed by atoms with Crippen molar-refractivity contribution < 1.29 is 23.5 Å². The van der Waals surface area contributed by atoms with Gasteiger partial charge < -0.3 is 23.6 Å². The zero-order valence-corrected chi connectivity index (χ0v) is 16.4. The molecule has 1 atom stereocenters. The Labute approximate surface area is 168 Å². The minimum atomic E-state index is -0.162. The summed E-state index contributed by atoms with van der Waals surface area (Å²) in [7, 11) is 4.73. The van der Waals surface area contributed by atoms with Gasteiger partial charge in [-0.25, -0.2) is 0 Å². The van der Waals surface area contributed by atoms with Crippen molar-refractivity contribution in [2.45, 2.75) is 12.3 Å². The number of ether oxygens (including phenoxy) is 3. The molecule has 0 saturated carbocycles. The summed E-state index contributed by atoms with van der Waals surface area (Å²) >= 11 is 0. The first-order chi connectivity index (χ1) is 14.1. The predicted octanol–water partition coefficient (Wildman–Crippen LogP) is 3.28. The number of methoxy groups -OCH3 is 3. The van der Waals surface area contributed by atoms with E-state index in [1.165, 1.54) is 0 Å². The van der Waals surface area contributed by atoms with E-state index in [1.807, 2.05) is 30.3 Å². The molecule has 0 bridgehead atoms. The Morgan fingerprint density at radius 1 is 1.00 bits per heavy atom. The van der Waals surface area contributed by atoms with Crippen LogP contribution in [0.5, 0.6) is 17.2 Å². The molecule has 3 aromatic rings. The van der Waals surface area contributed by atoms with Crippen LogP contribution in [0.15, 0.2) is 47.0 Å². The van der Waals surface area contributed by atoms with Crippen LogP contribution in [0.3, 0.4) is 0 Å². The number of aromatic nitrogens is 2. The molecule has 0 radical (unpaired) electrons. The SMILES string of the molecule is COc1ccc(-c2nc(C3CC(=O)N(c4ccccc4OC)C3)no2)cc1OC. The molecule has 4 rings (SSSR count). The quantitative estimate of drug-likeness (QED) is 0.633. The van der Waals surface area contributed by atoms with E-state index in [1.54, 1.807) is 38.4 Å². The van der Waals surface area contributed by atoms with E-state index in [-0.39, 0.29) is 11.8 Å². The third kappa shape index (κ3) is 3.49. The van der Waals surface area contributed by atoms with Gasteiger partial charge in [-0.05, 0) is 30.3 Å². The molecule has 1 aliphatic rings. The third-order valence-corrected chi connectivity index (χ3v) is 4.94. The lowest BCUT2D eigenvalue weighted by Crippen LogP contribution is -2.24. The Kier molecular flexibility index (Phi) is 5.07. The zero-order chi connectivity index (χ0) is 20.4. The second-order valence-corrected chi connectivity index (χ2v) is 6.60. The molecule has 2 aromatic carbocycles. The summed E-state index contributed by atoms with van der Waals surface area (Å²) in [5, 5.41) is 4.11. The largest absolute Gasteiger partial charge is 0.495 e. The van der Waals surface area contributed by atoms with Crippen molar-refractivity contribution in [3.8, 4) is 28.7 Å². The molecule has 1 fully saturated rings. The molecular formula is C21H21N3O5. The van der Waals surface area contributed by atoms with Crippen LogP contribution in [0.4, 0.5) is 5.69 Å². The van der Waals surface area contributed by atoms with Gasteiger partial charge in [0.05, 0.1) is 27.0 Å². The van der Waals surface area contributed by atoms with Gasteiger partial charge in [0, 0.05) is 24.4 Å². The number of carbonyl (C=O) groups excluding carboxylic acids is 1. The van der Waals surface area contributed by atoms with Crippen LogP contribution in [0.25, 0.3) is 11.5 Å². The lowest BCUT2D eigenvalue weighted by molar-refractivity contribution is -0.117. The molecule has 8 heteroatoms. The first-order valence-corrected chi connectivity index (χ1v) is 9.14. The van der Waals surface area contributed by atoms with E-state index in [0.29, 0.717) is 47.5 Å². The van der Waals surface area contributed by atoms with Crippen molar-refractivity contribution in [1.82, 2.24) is 10.1 Å². The van der Waals surface area contributed by atoms with Gasteiger partial charge in [-0.3, -0.25) is 4.79 Å². The van der Waals surface area contributed by atoms with Crippen molar-refractivity contribution in [2.75, 3.05) is 32.8 Å². The monoisotopic (exact) mass is 395 g/mol. The van der Waals surface area contributed by atoms with Crippen LogP contribution < -0.4 is 19.1 Å². The second kappa shape index (κ2) is 7.83. The van der Waals surface area contributed by atoms with Crippen molar-refractivity contribution in [2.24, 2.45) is 0 Å². The maximum absolute atomic E-state index is 12.6. The summed E-state index contributed by atoms with van der Waals surface area (Å²) in [5.74, 6) is 2.54. The molecule has 29 heavy (non-hydrogen) atoms. The Balaban J connectivity index is 1.57. The second-order valence-electron chi connectivity index (χ2n) is 6.60. The van der Waals surface area contributed by atoms with E-state index in [4.69, 9.17) is 18.7 Å². The van der Waals surface area contributed by atoms with Gasteiger partial charge in [-0.1, -0.05) is 17.3 Å². The van der Waals surface area contributed by atoms with Gasteiger partial charge in [0.2, 0.25) is 5.91 Å². The number of hydrogen-bond acceptors (Lipinski definition) is 7. The average molecular weight is 395 g/mol. The van der Waals surface area contributed by atoms with Gasteiger partial charge in [0.25, 0.3) is 5.89 Å². The molecule has 0 aliphatic carbocycles. The molecule has 0 N–H and O–H groups in total. The van der Waals surface area contributed by atoms with Crippen LogP contribution in [0.1, 0.15) is 18.2 Å². The highest BCUT2D eigenvalue weighted by Gasteiger charge is 2.35. The van der Waals surface area contributed by atoms with E-state index in [2.05, 4.69) is 10.1 Å². The topological polar surface area (TPSA) is 86.9 Å². The predicted molar refractivity (Wildman–Crippen MR) is 106 cm³/mol. The number of rotatable bonds is 6. The van der Waals surface area contributed by atoms with Crippen LogP contribution in [0.2, 0.25) is 0 Å². The summed E-state index contributed by atoms with van der Waals surface area (Å²) in [5.41, 5.74) is 1.46. The number of hydrogen-bond donors (Lipinski definition) is 0. The van der Waals surface area contributed by atoms with Gasteiger partial charge in [-0.15, -0.1) is 0 Å². The minimum absolute atomic E-state index is 0.00281. The summed E-state index contributed by atoms with van der Waals surface area (Å²) in [6.07, 6.45) is 0.308. The van der Waals surface area contributed by atoms with Crippen LogP contribution in [-0.4, -0.2) is 43.9 Å². The molecule has 1 aliphatic heterocycles. The zero-order valence-electron chi connectivity index (χ0n) is 16.4. The van der Waals surface area contributed by atoms with E-state index in [0.717, 1.165) is 5.69 Å². The van der Waals surface area contributed by atoms with Crippen molar-refractivity contribution in [1.29, 1.82) is 0 Å². The molecule has 2 heterocycles. The molecule has 1 amide bonds. The Hall–Kier alpha value is -3.55. The first kappa shape index (κ1) is 18.8. The van der Waals surface area contributed by atoms with E-state index < -0.39 is 0 Å². The third-order valence-electron chi connectivity index (χ3n) is 4.94. The van der Waals surface area contributed by atoms with Gasteiger partial charge in [-0.2, -0.15) is 4.98 Å². The molecule has 1 saturated heterocycles. The Morgan fingerprint density at radius 3 is 2.52 bits per heavy atom. The van der Waals surface area contributed by atoms with Crippen molar-refractivity contribution in [3.63, 3.8) is 0 Å². The minimum Gasteiger partial charge on any atom is -0.495 e. The van der Waals surface area contributed by atoms with Crippen molar-refractivity contribution >= 4 is 11.6 Å². The Morgan fingerprint density at radius 2 is 1.76 bits per heavy atom. The number of anilines is 1. The lowest BCUT2D eigenvalue weighted by atomic mass is 10.1. The fraction of sp³-hybridized carbons (Fsp3) is 0.286. The number of benzene rings is 2. The highest BCUT2D eigenvalue weighted by Crippen LogP contribution is 2.37. The summed E-state index contributed by atoms with van der Waals surface area (Å²) < 4.78 is 21.4. The fourth-order valence-electron chi connectivity index (χ4n) is 3.45. The van der Waals surface area contributed by atoms with Gasteiger partial charge in [0.15, 0.2) is 17.3 Å². The van der Waals surface area contributed by atoms with E-state index in [9.17, 15) is 4.79 Å². The average Bonchev–Trinajstić information content (AvgIpc) is 3.40. The van der Waals surface area contributed by atoms with Crippen LogP contribution in [0, 0.1) is 0 Å². The number of carbonyl (C=O) groups is 1. The standard InChI is InChI=1S/C21H21N3O5/c1-26-16-7-5-4-6-15(16)24-12-14(11-19(24)25)20-22-21(29-23-20)13-8-9-17(27-2)18(10-13)28-3/h4-10,14H,11-12H2,1-3H3. The molecule has 1 unspecified atom stereocenters. The van der Waals surface area contributed by atoms with Crippen LogP contribution >= 0.6 is 0 Å². The first-order valence-electron chi connectivity index (χ1n) is 9.14. The van der Waals surface area contributed by atoms with Crippen molar-refractivity contribution in [3.05, 3.63) is 48.3 Å². The smallest absolute Gasteiger partial charge is 0.258 e. The number of nitrogens with zero attached hydrogens (tertiary/aromatic N) is 3. The maximum Gasteiger partial charge on any atom is 0.258 e. The number of para-hydroxylation sites is 2. The normalized spacial score (nSPS) is 16.2. The highest BCUT2D eigenvalue weighted by atomic mass is 16.5. The van der Waals surface area contributed by atoms with Crippen LogP contribution in [-0.2, 0) is 4.79 Å². The number of amides is 1. The van der Waals surface area contributed by atoms with E-state index >= 15 is 0 Å². The summed E-state index contributed by atoms with van der Waals surface area (Å²) in [6.45, 7) is 0.462. The molecule has 8 nitrogen and oxygen atoms in total. The van der Waals surface area contributed by atoms with Gasteiger partial charge in [0.1, 0.15) is 5.75 Å². The highest BCUT2D eigenvalue weighted by molar-refractivity contribution is 5.97. The Bertz CT molecular complexity index is 1030. The summed E-state index contributed by atoms with van der Waals surface area (Å²) in [6, 6.07) is 12.8. The summed E-state index contributed by atoms with van der Waals surface area (Å²) in [4.78, 5) is 18.8. The fourth-order valence-corrected chi connectivity index (χ4v) is 3.45. The lowest BCUT2D eigenvalue weighted by Gasteiger charge is -2.18. The molecule has 0 spiro atoms.